The van der Waals surface area contributed by atoms with Crippen molar-refractivity contribution in [3.05, 3.63) is 52.3 Å². The Balaban J connectivity index is 1.73. The van der Waals surface area contributed by atoms with E-state index >= 15 is 0 Å². The number of benzene rings is 2. The van der Waals surface area contributed by atoms with Gasteiger partial charge in [-0.3, -0.25) is 9.36 Å². The maximum atomic E-state index is 12.2. The van der Waals surface area contributed by atoms with Gasteiger partial charge in [0.1, 0.15) is 5.75 Å². The van der Waals surface area contributed by atoms with Gasteiger partial charge in [-0.25, -0.2) is 0 Å². The summed E-state index contributed by atoms with van der Waals surface area (Å²) < 4.78 is 12.5. The molecule has 0 bridgehead atoms. The van der Waals surface area contributed by atoms with Crippen LogP contribution < -0.4 is 10.1 Å². The number of aryl methyl sites for hydroxylation is 1. The Morgan fingerprint density at radius 3 is 2.92 bits per heavy atom. The number of oxazole rings is 1. The van der Waals surface area contributed by atoms with Crippen molar-refractivity contribution >= 4 is 46.5 Å². The molecule has 0 saturated heterocycles. The van der Waals surface area contributed by atoms with Crippen LogP contribution in [0.5, 0.6) is 5.75 Å². The van der Waals surface area contributed by atoms with Gasteiger partial charge in [-0.2, -0.15) is 0 Å². The summed E-state index contributed by atoms with van der Waals surface area (Å²) in [7, 11) is 1.54. The number of methoxy groups -OCH3 is 1. The lowest BCUT2D eigenvalue weighted by atomic mass is 10.2. The van der Waals surface area contributed by atoms with Crippen LogP contribution in [0.15, 0.2) is 46.9 Å². The molecular formula is C17H15ClN2O3S. The summed E-state index contributed by atoms with van der Waals surface area (Å²) in [4.78, 5) is 12.6. The first-order valence-electron chi connectivity index (χ1n) is 7.30. The summed E-state index contributed by atoms with van der Waals surface area (Å²) in [6, 6.07) is 12.6. The van der Waals surface area contributed by atoms with E-state index < -0.39 is 0 Å². The highest BCUT2D eigenvalue weighted by molar-refractivity contribution is 7.71. The molecule has 0 aliphatic carbocycles. The second kappa shape index (κ2) is 7.07. The zero-order chi connectivity index (χ0) is 17.1. The Labute approximate surface area is 148 Å². The molecule has 3 rings (SSSR count). The van der Waals surface area contributed by atoms with Crippen molar-refractivity contribution in [3.8, 4) is 5.75 Å². The first-order chi connectivity index (χ1) is 11.6. The zero-order valence-corrected chi connectivity index (χ0v) is 14.5. The lowest BCUT2D eigenvalue weighted by Gasteiger charge is -2.10. The fourth-order valence-corrected chi connectivity index (χ4v) is 2.88. The van der Waals surface area contributed by atoms with Gasteiger partial charge in [0.05, 0.1) is 18.3 Å². The molecular weight excluding hydrogens is 348 g/mol. The van der Waals surface area contributed by atoms with Gasteiger partial charge in [0, 0.05) is 18.0 Å². The average molecular weight is 363 g/mol. The highest BCUT2D eigenvalue weighted by atomic mass is 35.5. The third-order valence-electron chi connectivity index (χ3n) is 3.57. The van der Waals surface area contributed by atoms with E-state index in [0.717, 1.165) is 5.52 Å². The summed E-state index contributed by atoms with van der Waals surface area (Å²) in [6.45, 7) is 0.421. The van der Waals surface area contributed by atoms with Gasteiger partial charge in [-0.1, -0.05) is 23.7 Å². The van der Waals surface area contributed by atoms with E-state index in [4.69, 9.17) is 33.0 Å². The Kier molecular flexibility index (Phi) is 4.87. The Hall–Kier alpha value is -2.31. The number of para-hydroxylation sites is 2. The van der Waals surface area contributed by atoms with E-state index in [1.165, 1.54) is 7.11 Å². The van der Waals surface area contributed by atoms with Crippen molar-refractivity contribution < 1.29 is 13.9 Å². The molecule has 1 heterocycles. The smallest absolute Gasteiger partial charge is 0.269 e. The van der Waals surface area contributed by atoms with Crippen LogP contribution in [0.3, 0.4) is 0 Å². The van der Waals surface area contributed by atoms with Crippen molar-refractivity contribution in [2.24, 2.45) is 0 Å². The van der Waals surface area contributed by atoms with E-state index in [0.29, 0.717) is 33.4 Å². The van der Waals surface area contributed by atoms with Gasteiger partial charge in [0.2, 0.25) is 5.91 Å². The molecule has 3 aromatic rings. The maximum Gasteiger partial charge on any atom is 0.269 e. The topological polar surface area (TPSA) is 56.4 Å². The lowest BCUT2D eigenvalue weighted by molar-refractivity contribution is -0.116. The number of nitrogens with one attached hydrogen (secondary N) is 1. The third-order valence-corrected chi connectivity index (χ3v) is 4.11. The maximum absolute atomic E-state index is 12.2. The number of nitrogens with zero attached hydrogens (tertiary/aromatic N) is 1. The van der Waals surface area contributed by atoms with Crippen molar-refractivity contribution in [1.82, 2.24) is 4.57 Å². The van der Waals surface area contributed by atoms with E-state index in [1.54, 1.807) is 22.8 Å². The van der Waals surface area contributed by atoms with Crippen molar-refractivity contribution in [3.63, 3.8) is 0 Å². The summed E-state index contributed by atoms with van der Waals surface area (Å²) in [6.07, 6.45) is 0.244. The van der Waals surface area contributed by atoms with Crippen LogP contribution in [-0.2, 0) is 11.3 Å². The van der Waals surface area contributed by atoms with Crippen LogP contribution in [0.1, 0.15) is 6.42 Å². The van der Waals surface area contributed by atoms with E-state index in [9.17, 15) is 4.79 Å². The number of carbonyl (C=O) groups is 1. The standard InChI is InChI=1S/C17H15ClN2O3S/c1-22-14-7-6-11(18)10-12(14)19-16(21)8-9-20-13-4-2-3-5-15(13)23-17(20)24/h2-7,10H,8-9H2,1H3,(H,19,21). The van der Waals surface area contributed by atoms with Crippen molar-refractivity contribution in [1.29, 1.82) is 0 Å². The molecule has 7 heteroatoms. The minimum Gasteiger partial charge on any atom is -0.495 e. The molecule has 1 aromatic heterocycles. The Morgan fingerprint density at radius 2 is 2.12 bits per heavy atom. The first kappa shape index (κ1) is 16.5. The number of halogens is 1. The minimum absolute atomic E-state index is 0.164. The molecule has 24 heavy (non-hydrogen) atoms. The van der Waals surface area contributed by atoms with Gasteiger partial charge >= 0.3 is 0 Å². The fourth-order valence-electron chi connectivity index (χ4n) is 2.43. The summed E-state index contributed by atoms with van der Waals surface area (Å²) in [5, 5.41) is 3.33. The molecule has 0 aliphatic heterocycles. The van der Waals surface area contributed by atoms with Crippen molar-refractivity contribution in [2.75, 3.05) is 12.4 Å². The highest BCUT2D eigenvalue weighted by Crippen LogP contribution is 2.27. The summed E-state index contributed by atoms with van der Waals surface area (Å²) >= 11 is 11.2. The predicted molar refractivity (Wildman–Crippen MR) is 96.3 cm³/mol. The van der Waals surface area contributed by atoms with Crippen LogP contribution in [0.2, 0.25) is 5.02 Å². The normalized spacial score (nSPS) is 10.8. The van der Waals surface area contributed by atoms with Crippen molar-refractivity contribution in [2.45, 2.75) is 13.0 Å². The number of fused-ring (bicyclic) bond motifs is 1. The highest BCUT2D eigenvalue weighted by Gasteiger charge is 2.11. The minimum atomic E-state index is -0.164. The number of carbonyl (C=O) groups excluding carboxylic acids is 1. The zero-order valence-electron chi connectivity index (χ0n) is 12.9. The number of ether oxygens (including phenoxy) is 1. The van der Waals surface area contributed by atoms with Crippen LogP contribution in [0.4, 0.5) is 5.69 Å². The molecule has 5 nitrogen and oxygen atoms in total. The van der Waals surface area contributed by atoms with Gasteiger partial charge in [0.15, 0.2) is 5.58 Å². The third kappa shape index (κ3) is 3.44. The first-order valence-corrected chi connectivity index (χ1v) is 8.09. The molecule has 1 N–H and O–H groups in total. The number of amides is 1. The molecule has 2 aromatic carbocycles. The Bertz CT molecular complexity index is 948. The number of hydrogen-bond acceptors (Lipinski definition) is 4. The van der Waals surface area contributed by atoms with E-state index in [2.05, 4.69) is 5.32 Å². The summed E-state index contributed by atoms with van der Waals surface area (Å²) in [5.41, 5.74) is 2.12. The number of aromatic nitrogens is 1. The second-order valence-corrected chi connectivity index (χ2v) is 5.92. The molecule has 0 unspecified atom stereocenters. The molecule has 0 atom stereocenters. The Morgan fingerprint density at radius 1 is 1.33 bits per heavy atom. The predicted octanol–water partition coefficient (Wildman–Crippen LogP) is 4.65. The monoisotopic (exact) mass is 362 g/mol. The SMILES string of the molecule is COc1ccc(Cl)cc1NC(=O)CCn1c(=S)oc2ccccc21. The van der Waals surface area contributed by atoms with E-state index in [-0.39, 0.29) is 12.3 Å². The molecule has 0 fully saturated rings. The fraction of sp³-hybridized carbons (Fsp3) is 0.176. The average Bonchev–Trinajstić information content (AvgIpc) is 2.88. The van der Waals surface area contributed by atoms with Gasteiger partial charge in [-0.05, 0) is 42.5 Å². The number of hydrogen-bond donors (Lipinski definition) is 1. The van der Waals surface area contributed by atoms with Crippen LogP contribution >= 0.6 is 23.8 Å². The molecule has 124 valence electrons. The molecule has 0 radical (unpaired) electrons. The molecule has 0 spiro atoms. The van der Waals surface area contributed by atoms with Gasteiger partial charge in [-0.15, -0.1) is 0 Å². The molecule has 0 aliphatic rings. The van der Waals surface area contributed by atoms with Gasteiger partial charge in [0.25, 0.3) is 4.84 Å². The molecule has 0 saturated carbocycles. The largest absolute Gasteiger partial charge is 0.495 e. The number of anilines is 1. The van der Waals surface area contributed by atoms with Crippen LogP contribution in [0.25, 0.3) is 11.1 Å². The number of rotatable bonds is 5. The van der Waals surface area contributed by atoms with E-state index in [1.807, 2.05) is 24.3 Å². The lowest BCUT2D eigenvalue weighted by Crippen LogP contribution is -2.15. The van der Waals surface area contributed by atoms with Crippen LogP contribution in [0, 0.1) is 4.84 Å². The second-order valence-electron chi connectivity index (χ2n) is 5.13. The van der Waals surface area contributed by atoms with Gasteiger partial charge < -0.3 is 14.5 Å². The quantitative estimate of drug-likeness (QED) is 0.671. The summed E-state index contributed by atoms with van der Waals surface area (Å²) in [5.74, 6) is 0.390. The molecule has 1 amide bonds. The van der Waals surface area contributed by atoms with Crippen LogP contribution in [-0.4, -0.2) is 17.6 Å².